The second-order valence-corrected chi connectivity index (χ2v) is 7.39. The van der Waals surface area contributed by atoms with Crippen LogP contribution in [0.3, 0.4) is 0 Å². The van der Waals surface area contributed by atoms with E-state index < -0.39 is 33.1 Å². The zero-order valence-electron chi connectivity index (χ0n) is 12.6. The molecule has 1 aromatic carbocycles. The van der Waals surface area contributed by atoms with Crippen LogP contribution in [0.5, 0.6) is 5.75 Å². The molecule has 1 saturated heterocycles. The van der Waals surface area contributed by atoms with Crippen LogP contribution in [0.25, 0.3) is 0 Å². The predicted octanol–water partition coefficient (Wildman–Crippen LogP) is 2.33. The van der Waals surface area contributed by atoms with Gasteiger partial charge in [0.1, 0.15) is 10.6 Å². The highest BCUT2D eigenvalue weighted by Crippen LogP contribution is 2.34. The van der Waals surface area contributed by atoms with Crippen molar-refractivity contribution < 1.29 is 26.3 Å². The number of hydrogen-bond donors (Lipinski definition) is 1. The van der Waals surface area contributed by atoms with Gasteiger partial charge in [0.25, 0.3) is 0 Å². The van der Waals surface area contributed by atoms with Gasteiger partial charge in [0, 0.05) is 19.1 Å². The van der Waals surface area contributed by atoms with E-state index in [1.807, 2.05) is 6.92 Å². The van der Waals surface area contributed by atoms with Gasteiger partial charge in [0.05, 0.1) is 0 Å². The van der Waals surface area contributed by atoms with E-state index in [0.717, 1.165) is 18.6 Å². The summed E-state index contributed by atoms with van der Waals surface area (Å²) >= 11 is 0. The van der Waals surface area contributed by atoms with Crippen molar-refractivity contribution in [1.82, 2.24) is 4.31 Å². The molecule has 1 heterocycles. The molecule has 0 saturated carbocycles. The summed E-state index contributed by atoms with van der Waals surface area (Å²) in [5.74, 6) is -0.687. The molecule has 1 aliphatic rings. The molecular formula is C14H19F3N2O3S. The van der Waals surface area contributed by atoms with Gasteiger partial charge in [-0.15, -0.1) is 13.2 Å². The number of nitrogens with zero attached hydrogens (tertiary/aromatic N) is 1. The first-order chi connectivity index (χ1) is 10.7. The molecule has 0 radical (unpaired) electrons. The van der Waals surface area contributed by atoms with Gasteiger partial charge in [-0.3, -0.25) is 0 Å². The summed E-state index contributed by atoms with van der Waals surface area (Å²) in [7, 11) is -4.13. The Kier molecular flexibility index (Phi) is 5.22. The molecule has 0 spiro atoms. The Balaban J connectivity index is 2.43. The zero-order valence-corrected chi connectivity index (χ0v) is 13.4. The maximum Gasteiger partial charge on any atom is 0.573 e. The molecule has 0 bridgehead atoms. The van der Waals surface area contributed by atoms with Crippen LogP contribution >= 0.6 is 0 Å². The number of piperidine rings is 1. The van der Waals surface area contributed by atoms with E-state index in [2.05, 4.69) is 4.74 Å². The molecule has 1 aliphatic heterocycles. The number of alkyl halides is 3. The second kappa shape index (κ2) is 6.66. The van der Waals surface area contributed by atoms with E-state index in [1.54, 1.807) is 0 Å². The van der Waals surface area contributed by atoms with Crippen LogP contribution in [0.2, 0.25) is 0 Å². The summed E-state index contributed by atoms with van der Waals surface area (Å²) in [6.45, 7) is 2.23. The Labute approximate surface area is 133 Å². The predicted molar refractivity (Wildman–Crippen MR) is 78.3 cm³/mol. The highest BCUT2D eigenvalue weighted by atomic mass is 32.2. The maximum atomic E-state index is 12.8. The standard InChI is InChI=1S/C14H19F3N2O3S/c1-10-5-4-8-19(11(10)9-18)23(20,21)13-7-3-2-6-12(13)22-14(15,16)17/h2-3,6-7,10-11H,4-5,8-9,18H2,1H3. The Morgan fingerprint density at radius 2 is 2.00 bits per heavy atom. The monoisotopic (exact) mass is 352 g/mol. The molecule has 23 heavy (non-hydrogen) atoms. The molecule has 1 aromatic rings. The van der Waals surface area contributed by atoms with E-state index in [4.69, 9.17) is 5.73 Å². The number of hydrogen-bond acceptors (Lipinski definition) is 4. The second-order valence-electron chi connectivity index (χ2n) is 5.53. The van der Waals surface area contributed by atoms with E-state index >= 15 is 0 Å². The highest BCUT2D eigenvalue weighted by Gasteiger charge is 2.39. The first kappa shape index (κ1) is 18.0. The molecule has 0 aromatic heterocycles. The van der Waals surface area contributed by atoms with Crippen LogP contribution in [-0.4, -0.2) is 38.2 Å². The smallest absolute Gasteiger partial charge is 0.404 e. The van der Waals surface area contributed by atoms with Crippen LogP contribution in [0.4, 0.5) is 13.2 Å². The van der Waals surface area contributed by atoms with Crippen molar-refractivity contribution in [2.24, 2.45) is 11.7 Å². The fourth-order valence-corrected chi connectivity index (χ4v) is 4.74. The molecule has 0 amide bonds. The average molecular weight is 352 g/mol. The van der Waals surface area contributed by atoms with Crippen molar-refractivity contribution in [3.8, 4) is 5.75 Å². The Morgan fingerprint density at radius 1 is 1.35 bits per heavy atom. The Morgan fingerprint density at radius 3 is 2.61 bits per heavy atom. The van der Waals surface area contributed by atoms with Gasteiger partial charge in [0.15, 0.2) is 0 Å². The van der Waals surface area contributed by atoms with Gasteiger partial charge < -0.3 is 10.5 Å². The van der Waals surface area contributed by atoms with Gasteiger partial charge in [-0.05, 0) is 30.9 Å². The number of para-hydroxylation sites is 1. The number of halogens is 3. The highest BCUT2D eigenvalue weighted by molar-refractivity contribution is 7.89. The number of nitrogens with two attached hydrogens (primary N) is 1. The lowest BCUT2D eigenvalue weighted by Gasteiger charge is -2.38. The van der Waals surface area contributed by atoms with Crippen LogP contribution < -0.4 is 10.5 Å². The first-order valence-corrected chi connectivity index (χ1v) is 8.67. The average Bonchev–Trinajstić information content (AvgIpc) is 2.45. The van der Waals surface area contributed by atoms with Crippen molar-refractivity contribution in [3.05, 3.63) is 24.3 Å². The zero-order chi connectivity index (χ0) is 17.3. The van der Waals surface area contributed by atoms with Gasteiger partial charge in [-0.1, -0.05) is 19.1 Å². The first-order valence-electron chi connectivity index (χ1n) is 7.23. The largest absolute Gasteiger partial charge is 0.573 e. The van der Waals surface area contributed by atoms with Crippen molar-refractivity contribution in [2.75, 3.05) is 13.1 Å². The summed E-state index contributed by atoms with van der Waals surface area (Å²) in [5.41, 5.74) is 5.68. The van der Waals surface area contributed by atoms with E-state index in [-0.39, 0.29) is 19.0 Å². The summed E-state index contributed by atoms with van der Waals surface area (Å²) in [5, 5.41) is 0. The van der Waals surface area contributed by atoms with Gasteiger partial charge >= 0.3 is 6.36 Å². The SMILES string of the molecule is CC1CCCN(S(=O)(=O)c2ccccc2OC(F)(F)F)C1CN. The van der Waals surface area contributed by atoms with Crippen molar-refractivity contribution in [2.45, 2.75) is 37.1 Å². The van der Waals surface area contributed by atoms with E-state index in [1.165, 1.54) is 16.4 Å². The molecule has 2 rings (SSSR count). The summed E-state index contributed by atoms with van der Waals surface area (Å²) in [6.07, 6.45) is -3.50. The van der Waals surface area contributed by atoms with Crippen molar-refractivity contribution in [3.63, 3.8) is 0 Å². The minimum Gasteiger partial charge on any atom is -0.404 e. The third kappa shape index (κ3) is 3.96. The lowest BCUT2D eigenvalue weighted by Crippen LogP contribution is -2.51. The minimum atomic E-state index is -4.96. The van der Waals surface area contributed by atoms with Gasteiger partial charge in [-0.2, -0.15) is 4.31 Å². The maximum absolute atomic E-state index is 12.8. The molecule has 2 atom stereocenters. The Hall–Kier alpha value is -1.32. The number of ether oxygens (including phenoxy) is 1. The van der Waals surface area contributed by atoms with Crippen LogP contribution in [0, 0.1) is 5.92 Å². The topological polar surface area (TPSA) is 72.6 Å². The quantitative estimate of drug-likeness (QED) is 0.903. The summed E-state index contributed by atoms with van der Waals surface area (Å²) in [4.78, 5) is -0.495. The minimum absolute atomic E-state index is 0.0409. The molecule has 2 N–H and O–H groups in total. The molecule has 9 heteroatoms. The van der Waals surface area contributed by atoms with Crippen LogP contribution in [0.15, 0.2) is 29.2 Å². The van der Waals surface area contributed by atoms with E-state index in [9.17, 15) is 21.6 Å². The van der Waals surface area contributed by atoms with Crippen molar-refractivity contribution >= 4 is 10.0 Å². The number of rotatable bonds is 4. The lowest BCUT2D eigenvalue weighted by atomic mass is 9.93. The number of sulfonamides is 1. The Bertz CT molecular complexity index is 649. The lowest BCUT2D eigenvalue weighted by molar-refractivity contribution is -0.275. The van der Waals surface area contributed by atoms with Crippen LogP contribution in [0.1, 0.15) is 19.8 Å². The van der Waals surface area contributed by atoms with Gasteiger partial charge in [-0.25, -0.2) is 8.42 Å². The van der Waals surface area contributed by atoms with E-state index in [0.29, 0.717) is 6.42 Å². The molecular weight excluding hydrogens is 333 g/mol. The third-order valence-electron chi connectivity index (χ3n) is 3.97. The molecule has 1 fully saturated rings. The molecule has 2 unspecified atom stereocenters. The fraction of sp³-hybridized carbons (Fsp3) is 0.571. The van der Waals surface area contributed by atoms with Crippen LogP contribution in [-0.2, 0) is 10.0 Å². The normalized spacial score (nSPS) is 23.7. The van der Waals surface area contributed by atoms with Gasteiger partial charge in [0.2, 0.25) is 10.0 Å². The van der Waals surface area contributed by atoms with Crippen molar-refractivity contribution in [1.29, 1.82) is 0 Å². The summed E-state index contributed by atoms with van der Waals surface area (Å²) < 4.78 is 68.2. The third-order valence-corrected chi connectivity index (χ3v) is 5.93. The number of benzene rings is 1. The fourth-order valence-electron chi connectivity index (χ4n) is 2.86. The summed E-state index contributed by atoms with van der Waals surface area (Å²) in [6, 6.07) is 4.32. The molecule has 0 aliphatic carbocycles. The molecule has 130 valence electrons. The molecule has 5 nitrogen and oxygen atoms in total.